The maximum atomic E-state index is 13.7. The molecule has 122 valence electrons. The summed E-state index contributed by atoms with van der Waals surface area (Å²) in [6.45, 7) is 5.07. The van der Waals surface area contributed by atoms with E-state index in [9.17, 15) is 9.18 Å². The molecule has 3 nitrogen and oxygen atoms in total. The smallest absolute Gasteiger partial charge is 0.225 e. The number of benzene rings is 1. The SMILES string of the molecule is CC(C)N(CCC(=O)Nc1ccc(Br)cc1F)C1CCCC1. The molecule has 0 atom stereocenters. The lowest BCUT2D eigenvalue weighted by Crippen LogP contribution is -2.40. The Morgan fingerprint density at radius 1 is 1.41 bits per heavy atom. The van der Waals surface area contributed by atoms with Crippen LogP contribution in [0.4, 0.5) is 10.1 Å². The number of nitrogens with one attached hydrogen (secondary N) is 1. The number of hydrogen-bond donors (Lipinski definition) is 1. The van der Waals surface area contributed by atoms with Gasteiger partial charge in [-0.15, -0.1) is 0 Å². The van der Waals surface area contributed by atoms with Gasteiger partial charge in [0, 0.05) is 29.5 Å². The first-order chi connectivity index (χ1) is 10.5. The first kappa shape index (κ1) is 17.4. The lowest BCUT2D eigenvalue weighted by Gasteiger charge is -2.32. The van der Waals surface area contributed by atoms with E-state index in [1.54, 1.807) is 12.1 Å². The monoisotopic (exact) mass is 370 g/mol. The van der Waals surface area contributed by atoms with Crippen molar-refractivity contribution < 1.29 is 9.18 Å². The highest BCUT2D eigenvalue weighted by atomic mass is 79.9. The highest BCUT2D eigenvalue weighted by Gasteiger charge is 2.24. The highest BCUT2D eigenvalue weighted by Crippen LogP contribution is 2.25. The van der Waals surface area contributed by atoms with Gasteiger partial charge in [0.2, 0.25) is 5.91 Å². The number of hydrogen-bond acceptors (Lipinski definition) is 2. The lowest BCUT2D eigenvalue weighted by molar-refractivity contribution is -0.116. The third-order valence-corrected chi connectivity index (χ3v) is 4.75. The van der Waals surface area contributed by atoms with Crippen LogP contribution in [-0.2, 0) is 4.79 Å². The zero-order valence-electron chi connectivity index (χ0n) is 13.2. The molecule has 1 N–H and O–H groups in total. The van der Waals surface area contributed by atoms with Crippen molar-refractivity contribution >= 4 is 27.5 Å². The van der Waals surface area contributed by atoms with Gasteiger partial charge in [-0.25, -0.2) is 4.39 Å². The fourth-order valence-electron chi connectivity index (χ4n) is 3.13. The van der Waals surface area contributed by atoms with Gasteiger partial charge in [0.15, 0.2) is 0 Å². The molecular weight excluding hydrogens is 347 g/mol. The van der Waals surface area contributed by atoms with Crippen LogP contribution in [0.1, 0.15) is 46.0 Å². The number of carbonyl (C=O) groups excluding carboxylic acids is 1. The second kappa shape index (κ2) is 8.06. The Morgan fingerprint density at radius 2 is 2.09 bits per heavy atom. The molecule has 1 aromatic carbocycles. The van der Waals surface area contributed by atoms with Gasteiger partial charge in [0.25, 0.3) is 0 Å². The van der Waals surface area contributed by atoms with Gasteiger partial charge in [-0.2, -0.15) is 0 Å². The quantitative estimate of drug-likeness (QED) is 0.795. The molecule has 1 aliphatic carbocycles. The van der Waals surface area contributed by atoms with E-state index < -0.39 is 5.82 Å². The fraction of sp³-hybridized carbons (Fsp3) is 0.588. The van der Waals surface area contributed by atoms with Crippen molar-refractivity contribution in [2.75, 3.05) is 11.9 Å². The molecular formula is C17H24BrFN2O. The summed E-state index contributed by atoms with van der Waals surface area (Å²) in [6.07, 6.45) is 5.40. The van der Waals surface area contributed by atoms with Crippen LogP contribution in [0.5, 0.6) is 0 Å². The second-order valence-electron chi connectivity index (χ2n) is 6.19. The molecule has 1 aliphatic rings. The molecule has 1 aromatic rings. The van der Waals surface area contributed by atoms with Gasteiger partial charge >= 0.3 is 0 Å². The topological polar surface area (TPSA) is 32.3 Å². The minimum Gasteiger partial charge on any atom is -0.324 e. The molecule has 22 heavy (non-hydrogen) atoms. The third-order valence-electron chi connectivity index (χ3n) is 4.26. The Morgan fingerprint density at radius 3 is 2.68 bits per heavy atom. The summed E-state index contributed by atoms with van der Waals surface area (Å²) in [5.74, 6) is -0.552. The summed E-state index contributed by atoms with van der Waals surface area (Å²) in [5.41, 5.74) is 0.241. The molecule has 0 radical (unpaired) electrons. The van der Waals surface area contributed by atoms with E-state index in [2.05, 4.69) is 40.0 Å². The molecule has 0 heterocycles. The fourth-order valence-corrected chi connectivity index (χ4v) is 3.47. The van der Waals surface area contributed by atoms with Crippen LogP contribution in [0.25, 0.3) is 0 Å². The van der Waals surface area contributed by atoms with E-state index in [0.29, 0.717) is 23.0 Å². The van der Waals surface area contributed by atoms with E-state index in [0.717, 1.165) is 6.54 Å². The highest BCUT2D eigenvalue weighted by molar-refractivity contribution is 9.10. The molecule has 2 rings (SSSR count). The molecule has 0 bridgehead atoms. The third kappa shape index (κ3) is 4.78. The van der Waals surface area contributed by atoms with E-state index in [-0.39, 0.29) is 11.6 Å². The second-order valence-corrected chi connectivity index (χ2v) is 7.11. The van der Waals surface area contributed by atoms with E-state index in [4.69, 9.17) is 0 Å². The first-order valence-corrected chi connectivity index (χ1v) is 8.77. The number of anilines is 1. The van der Waals surface area contributed by atoms with E-state index >= 15 is 0 Å². The van der Waals surface area contributed by atoms with Gasteiger partial charge in [0.05, 0.1) is 5.69 Å². The van der Waals surface area contributed by atoms with Gasteiger partial charge in [0.1, 0.15) is 5.82 Å². The van der Waals surface area contributed by atoms with Crippen molar-refractivity contribution in [1.82, 2.24) is 4.90 Å². The zero-order valence-corrected chi connectivity index (χ0v) is 14.8. The Hall–Kier alpha value is -0.940. The summed E-state index contributed by atoms with van der Waals surface area (Å²) >= 11 is 3.21. The number of carbonyl (C=O) groups is 1. The van der Waals surface area contributed by atoms with Crippen LogP contribution >= 0.6 is 15.9 Å². The van der Waals surface area contributed by atoms with Crippen LogP contribution in [0, 0.1) is 5.82 Å². The van der Waals surface area contributed by atoms with Gasteiger partial charge in [-0.1, -0.05) is 28.8 Å². The summed E-state index contributed by atoms with van der Waals surface area (Å²) in [6, 6.07) is 5.68. The summed E-state index contributed by atoms with van der Waals surface area (Å²) in [7, 11) is 0. The lowest BCUT2D eigenvalue weighted by atomic mass is 10.1. The van der Waals surface area contributed by atoms with E-state index in [1.807, 2.05) is 0 Å². The van der Waals surface area contributed by atoms with Crippen molar-refractivity contribution in [3.8, 4) is 0 Å². The summed E-state index contributed by atoms with van der Waals surface area (Å²) < 4.78 is 14.4. The predicted octanol–water partition coefficient (Wildman–Crippen LogP) is 4.57. The minimum absolute atomic E-state index is 0.134. The Bertz CT molecular complexity index is 515. The van der Waals surface area contributed by atoms with Crippen molar-refractivity contribution in [2.24, 2.45) is 0 Å². The maximum absolute atomic E-state index is 13.7. The summed E-state index contributed by atoms with van der Waals surface area (Å²) in [4.78, 5) is 14.5. The number of nitrogens with zero attached hydrogens (tertiary/aromatic N) is 1. The Balaban J connectivity index is 1.88. The molecule has 1 saturated carbocycles. The molecule has 0 aromatic heterocycles. The predicted molar refractivity (Wildman–Crippen MR) is 91.4 cm³/mol. The molecule has 0 saturated heterocycles. The Kier molecular flexibility index (Phi) is 6.38. The van der Waals surface area contributed by atoms with Crippen LogP contribution in [0.2, 0.25) is 0 Å². The van der Waals surface area contributed by atoms with Crippen LogP contribution in [0.15, 0.2) is 22.7 Å². The number of amides is 1. The van der Waals surface area contributed by atoms with Crippen LogP contribution in [0.3, 0.4) is 0 Å². The average Bonchev–Trinajstić information content (AvgIpc) is 2.96. The average molecular weight is 371 g/mol. The molecule has 5 heteroatoms. The minimum atomic E-state index is -0.417. The normalized spacial score (nSPS) is 15.7. The standard InChI is InChI=1S/C17H24BrFN2O/c1-12(2)21(14-5-3-4-6-14)10-9-17(22)20-16-8-7-13(18)11-15(16)19/h7-8,11-12,14H,3-6,9-10H2,1-2H3,(H,20,22). The number of halogens is 2. The van der Waals surface area contributed by atoms with Crippen molar-refractivity contribution in [1.29, 1.82) is 0 Å². The van der Waals surface area contributed by atoms with Crippen LogP contribution < -0.4 is 5.32 Å². The van der Waals surface area contributed by atoms with E-state index in [1.165, 1.54) is 31.7 Å². The van der Waals surface area contributed by atoms with Gasteiger partial charge in [-0.3, -0.25) is 9.69 Å². The van der Waals surface area contributed by atoms with Crippen molar-refractivity contribution in [3.63, 3.8) is 0 Å². The molecule has 1 amide bonds. The maximum Gasteiger partial charge on any atom is 0.225 e. The molecule has 0 spiro atoms. The first-order valence-electron chi connectivity index (χ1n) is 7.98. The van der Waals surface area contributed by atoms with Crippen molar-refractivity contribution in [2.45, 2.75) is 58.0 Å². The molecule has 0 unspecified atom stereocenters. The Labute approximate surface area is 140 Å². The summed E-state index contributed by atoms with van der Waals surface area (Å²) in [5, 5.41) is 2.66. The largest absolute Gasteiger partial charge is 0.324 e. The van der Waals surface area contributed by atoms with Crippen LogP contribution in [-0.4, -0.2) is 29.4 Å². The van der Waals surface area contributed by atoms with Gasteiger partial charge in [-0.05, 0) is 44.9 Å². The van der Waals surface area contributed by atoms with Gasteiger partial charge < -0.3 is 5.32 Å². The molecule has 1 fully saturated rings. The molecule has 0 aliphatic heterocycles. The van der Waals surface area contributed by atoms with Crippen molar-refractivity contribution in [3.05, 3.63) is 28.5 Å². The zero-order chi connectivity index (χ0) is 16.1. The number of rotatable bonds is 6.